The molecule has 1 aliphatic heterocycles. The van der Waals surface area contributed by atoms with E-state index in [1.54, 1.807) is 24.2 Å². The van der Waals surface area contributed by atoms with Crippen LogP contribution in [0.5, 0.6) is 11.5 Å². The molecule has 0 saturated carbocycles. The van der Waals surface area contributed by atoms with Crippen LogP contribution in [0.1, 0.15) is 12.8 Å². The van der Waals surface area contributed by atoms with Crippen molar-refractivity contribution in [3.63, 3.8) is 0 Å². The summed E-state index contributed by atoms with van der Waals surface area (Å²) in [6, 6.07) is 7.65. The highest BCUT2D eigenvalue weighted by atomic mass is 16.5. The van der Waals surface area contributed by atoms with E-state index in [0.717, 1.165) is 43.1 Å². The normalized spacial score (nSPS) is 17.7. The van der Waals surface area contributed by atoms with E-state index < -0.39 is 0 Å². The minimum Gasteiger partial charge on any atom is -0.497 e. The average molecular weight is 358 g/mol. The first kappa shape index (κ1) is 18.3. The third kappa shape index (κ3) is 5.23. The Morgan fingerprint density at radius 2 is 2.23 bits per heavy atom. The smallest absolute Gasteiger partial charge is 0.238 e. The van der Waals surface area contributed by atoms with Crippen LogP contribution in [0.15, 0.2) is 36.7 Å². The fraction of sp³-hybridized carbons (Fsp3) is 0.474. The Morgan fingerprint density at radius 3 is 3.00 bits per heavy atom. The summed E-state index contributed by atoms with van der Waals surface area (Å²) in [6.45, 7) is 2.85. The average Bonchev–Trinajstić information content (AvgIpc) is 3.05. The van der Waals surface area contributed by atoms with Crippen molar-refractivity contribution in [3.05, 3.63) is 36.7 Å². The van der Waals surface area contributed by atoms with Crippen molar-refractivity contribution in [1.29, 1.82) is 0 Å². The Labute approximate surface area is 153 Å². The molecule has 7 heteroatoms. The molecule has 1 aromatic carbocycles. The van der Waals surface area contributed by atoms with Crippen molar-refractivity contribution >= 4 is 11.6 Å². The second kappa shape index (κ2) is 8.71. The van der Waals surface area contributed by atoms with Crippen molar-refractivity contribution < 1.29 is 14.3 Å². The highest BCUT2D eigenvalue weighted by Gasteiger charge is 2.22. The number of anilines is 1. The summed E-state index contributed by atoms with van der Waals surface area (Å²) in [5.74, 6) is 2.02. The monoisotopic (exact) mass is 358 g/mol. The number of piperidine rings is 1. The van der Waals surface area contributed by atoms with E-state index in [-0.39, 0.29) is 5.91 Å². The maximum atomic E-state index is 12.2. The van der Waals surface area contributed by atoms with Crippen LogP contribution in [-0.2, 0) is 11.8 Å². The van der Waals surface area contributed by atoms with E-state index in [2.05, 4.69) is 15.3 Å². The van der Waals surface area contributed by atoms with Crippen molar-refractivity contribution in [2.75, 3.05) is 38.7 Å². The second-order valence-electron chi connectivity index (χ2n) is 6.68. The molecule has 0 unspecified atom stereocenters. The predicted molar refractivity (Wildman–Crippen MR) is 99.5 cm³/mol. The molecule has 0 radical (unpaired) electrons. The molecule has 7 nitrogen and oxygen atoms in total. The number of rotatable bonds is 7. The molecule has 1 aromatic heterocycles. The Balaban J connectivity index is 1.45. The van der Waals surface area contributed by atoms with Gasteiger partial charge in [-0.1, -0.05) is 6.07 Å². The van der Waals surface area contributed by atoms with Gasteiger partial charge in [-0.05, 0) is 31.5 Å². The summed E-state index contributed by atoms with van der Waals surface area (Å²) in [5, 5.41) is 6.94. The van der Waals surface area contributed by atoms with Crippen LogP contribution < -0.4 is 14.8 Å². The van der Waals surface area contributed by atoms with Gasteiger partial charge in [-0.15, -0.1) is 0 Å². The van der Waals surface area contributed by atoms with Crippen molar-refractivity contribution in [3.8, 4) is 11.5 Å². The van der Waals surface area contributed by atoms with E-state index in [4.69, 9.17) is 9.47 Å². The van der Waals surface area contributed by atoms with Crippen molar-refractivity contribution in [2.24, 2.45) is 13.0 Å². The standard InChI is InChI=1S/C19H26N4O3/c1-22-12-16(10-20-22)21-19(24)13-23-8-4-5-15(11-23)14-26-18-7-3-6-17(9-18)25-2/h3,6-7,9-10,12,15H,4-5,8,11,13-14H2,1-2H3,(H,21,24)/t15-/m0/s1. The molecule has 0 bridgehead atoms. The summed E-state index contributed by atoms with van der Waals surface area (Å²) in [7, 11) is 3.47. The van der Waals surface area contributed by atoms with E-state index in [1.165, 1.54) is 0 Å². The lowest BCUT2D eigenvalue weighted by atomic mass is 9.99. The van der Waals surface area contributed by atoms with Gasteiger partial charge < -0.3 is 14.8 Å². The van der Waals surface area contributed by atoms with Gasteiger partial charge in [0.05, 0.1) is 32.1 Å². The van der Waals surface area contributed by atoms with Gasteiger partial charge in [-0.3, -0.25) is 14.4 Å². The third-order valence-corrected chi connectivity index (χ3v) is 4.49. The molecule has 140 valence electrons. The van der Waals surface area contributed by atoms with Gasteiger partial charge >= 0.3 is 0 Å². The molecule has 26 heavy (non-hydrogen) atoms. The lowest BCUT2D eigenvalue weighted by Crippen LogP contribution is -2.41. The van der Waals surface area contributed by atoms with Crippen LogP contribution in [-0.4, -0.2) is 53.9 Å². The largest absolute Gasteiger partial charge is 0.497 e. The maximum absolute atomic E-state index is 12.2. The minimum atomic E-state index is -0.00707. The number of nitrogens with one attached hydrogen (secondary N) is 1. The van der Waals surface area contributed by atoms with Crippen LogP contribution in [0.25, 0.3) is 0 Å². The zero-order valence-corrected chi connectivity index (χ0v) is 15.4. The molecule has 0 aliphatic carbocycles. The number of carbonyl (C=O) groups excluding carboxylic acids is 1. The van der Waals surface area contributed by atoms with Crippen molar-refractivity contribution in [1.82, 2.24) is 14.7 Å². The van der Waals surface area contributed by atoms with Gasteiger partial charge in [0, 0.05) is 31.8 Å². The Kier molecular flexibility index (Phi) is 6.12. The Morgan fingerprint density at radius 1 is 1.38 bits per heavy atom. The number of likely N-dealkylation sites (tertiary alicyclic amines) is 1. The van der Waals surface area contributed by atoms with Gasteiger partial charge in [0.15, 0.2) is 0 Å². The zero-order valence-electron chi connectivity index (χ0n) is 15.4. The lowest BCUT2D eigenvalue weighted by Gasteiger charge is -2.32. The zero-order chi connectivity index (χ0) is 18.4. The topological polar surface area (TPSA) is 68.6 Å². The molecule has 0 spiro atoms. The summed E-state index contributed by atoms with van der Waals surface area (Å²) in [4.78, 5) is 14.4. The molecular weight excluding hydrogens is 332 g/mol. The minimum absolute atomic E-state index is 0.00707. The first-order valence-electron chi connectivity index (χ1n) is 8.90. The van der Waals surface area contributed by atoms with Crippen LogP contribution >= 0.6 is 0 Å². The molecule has 2 aromatic rings. The molecule has 1 N–H and O–H groups in total. The second-order valence-corrected chi connectivity index (χ2v) is 6.68. The predicted octanol–water partition coefficient (Wildman–Crippen LogP) is 2.16. The van der Waals surface area contributed by atoms with Gasteiger partial charge in [0.2, 0.25) is 5.91 Å². The highest BCUT2D eigenvalue weighted by molar-refractivity contribution is 5.91. The van der Waals surface area contributed by atoms with Crippen LogP contribution in [0.2, 0.25) is 0 Å². The number of ether oxygens (including phenoxy) is 2. The third-order valence-electron chi connectivity index (χ3n) is 4.49. The maximum Gasteiger partial charge on any atom is 0.238 e. The number of carbonyl (C=O) groups is 1. The van der Waals surface area contributed by atoms with Gasteiger partial charge in [-0.25, -0.2) is 0 Å². The molecular formula is C19H26N4O3. The molecule has 2 heterocycles. The number of methoxy groups -OCH3 is 1. The van der Waals surface area contributed by atoms with Gasteiger partial charge in [0.1, 0.15) is 11.5 Å². The first-order valence-corrected chi connectivity index (χ1v) is 8.90. The fourth-order valence-electron chi connectivity index (χ4n) is 3.23. The molecule has 1 saturated heterocycles. The number of hydrogen-bond donors (Lipinski definition) is 1. The van der Waals surface area contributed by atoms with Gasteiger partial charge in [0.25, 0.3) is 0 Å². The number of aromatic nitrogens is 2. The molecule has 3 rings (SSSR count). The summed E-state index contributed by atoms with van der Waals surface area (Å²) in [5.41, 5.74) is 0.729. The van der Waals surface area contributed by atoms with E-state index in [9.17, 15) is 4.79 Å². The molecule has 1 aliphatic rings. The number of aryl methyl sites for hydroxylation is 1. The summed E-state index contributed by atoms with van der Waals surface area (Å²) < 4.78 is 12.8. The first-order chi connectivity index (χ1) is 12.6. The van der Waals surface area contributed by atoms with Crippen molar-refractivity contribution in [2.45, 2.75) is 12.8 Å². The van der Waals surface area contributed by atoms with Crippen LogP contribution in [0, 0.1) is 5.92 Å². The lowest BCUT2D eigenvalue weighted by molar-refractivity contribution is -0.117. The molecule has 1 amide bonds. The quantitative estimate of drug-likeness (QED) is 0.821. The number of hydrogen-bond acceptors (Lipinski definition) is 5. The van der Waals surface area contributed by atoms with Gasteiger partial charge in [-0.2, -0.15) is 5.10 Å². The number of nitrogens with zero attached hydrogens (tertiary/aromatic N) is 3. The van der Waals surface area contributed by atoms with E-state index in [1.807, 2.05) is 31.3 Å². The summed E-state index contributed by atoms with van der Waals surface area (Å²) in [6.07, 6.45) is 5.63. The summed E-state index contributed by atoms with van der Waals surface area (Å²) >= 11 is 0. The SMILES string of the molecule is COc1cccc(OC[C@H]2CCCN(CC(=O)Nc3cnn(C)c3)C2)c1. The van der Waals surface area contributed by atoms with Crippen LogP contribution in [0.3, 0.4) is 0 Å². The Bertz CT molecular complexity index is 731. The Hall–Kier alpha value is -2.54. The number of amides is 1. The molecule has 1 atom stereocenters. The fourth-order valence-corrected chi connectivity index (χ4v) is 3.23. The number of benzene rings is 1. The highest BCUT2D eigenvalue weighted by Crippen LogP contribution is 2.22. The molecule has 1 fully saturated rings. The van der Waals surface area contributed by atoms with E-state index >= 15 is 0 Å². The van der Waals surface area contributed by atoms with Crippen LogP contribution in [0.4, 0.5) is 5.69 Å². The van der Waals surface area contributed by atoms with E-state index in [0.29, 0.717) is 19.1 Å².